The van der Waals surface area contributed by atoms with Gasteiger partial charge in [0.25, 0.3) is 0 Å². The lowest BCUT2D eigenvalue weighted by atomic mass is 10.1. The number of hydrogen-bond donors (Lipinski definition) is 2. The molecule has 0 spiro atoms. The van der Waals surface area contributed by atoms with E-state index in [0.717, 1.165) is 12.0 Å². The van der Waals surface area contributed by atoms with Gasteiger partial charge in [-0.25, -0.2) is 4.39 Å². The number of nitrogens with one attached hydrogen (secondary N) is 1. The van der Waals surface area contributed by atoms with Crippen molar-refractivity contribution in [2.45, 2.75) is 46.2 Å². The van der Waals surface area contributed by atoms with Gasteiger partial charge in [-0.3, -0.25) is 4.79 Å². The summed E-state index contributed by atoms with van der Waals surface area (Å²) in [7, 11) is 0. The number of aryl methyl sites for hydroxylation is 2. The largest absolute Gasteiger partial charge is 0.480 e. The highest BCUT2D eigenvalue weighted by atomic mass is 19.1. The topological polar surface area (TPSA) is 49.3 Å². The van der Waals surface area contributed by atoms with Crippen LogP contribution in [0.2, 0.25) is 0 Å². The molecule has 18 heavy (non-hydrogen) atoms. The van der Waals surface area contributed by atoms with Gasteiger partial charge in [0.15, 0.2) is 0 Å². The summed E-state index contributed by atoms with van der Waals surface area (Å²) in [5, 5.41) is 12.0. The molecule has 1 aromatic rings. The van der Waals surface area contributed by atoms with Crippen molar-refractivity contribution in [1.29, 1.82) is 0 Å². The molecule has 1 unspecified atom stereocenters. The quantitative estimate of drug-likeness (QED) is 0.819. The second-order valence-electron chi connectivity index (χ2n) is 4.60. The van der Waals surface area contributed by atoms with Crippen LogP contribution >= 0.6 is 0 Å². The van der Waals surface area contributed by atoms with Gasteiger partial charge in [-0.05, 0) is 37.0 Å². The minimum atomic E-state index is -0.840. The molecule has 0 aliphatic rings. The van der Waals surface area contributed by atoms with Crippen molar-refractivity contribution in [2.75, 3.05) is 0 Å². The van der Waals surface area contributed by atoms with Gasteiger partial charge in [-0.15, -0.1) is 0 Å². The van der Waals surface area contributed by atoms with E-state index in [-0.39, 0.29) is 5.82 Å². The van der Waals surface area contributed by atoms with Gasteiger partial charge in [0, 0.05) is 6.54 Å². The highest BCUT2D eigenvalue weighted by molar-refractivity contribution is 5.73. The van der Waals surface area contributed by atoms with E-state index in [9.17, 15) is 9.18 Å². The van der Waals surface area contributed by atoms with E-state index in [1.807, 2.05) is 6.92 Å². The Morgan fingerprint density at radius 1 is 1.39 bits per heavy atom. The van der Waals surface area contributed by atoms with Crippen LogP contribution in [0.5, 0.6) is 0 Å². The van der Waals surface area contributed by atoms with Crippen LogP contribution in [-0.4, -0.2) is 17.1 Å². The standard InChI is InChI=1S/C14H20FNO2/c1-4-5-12(14(17)18)16-8-11-6-9(2)13(15)10(3)7-11/h6-7,12,16H,4-5,8H2,1-3H3,(H,17,18). The van der Waals surface area contributed by atoms with E-state index in [2.05, 4.69) is 5.32 Å². The predicted molar refractivity (Wildman–Crippen MR) is 69.0 cm³/mol. The van der Waals surface area contributed by atoms with E-state index in [4.69, 9.17) is 5.11 Å². The molecule has 0 aliphatic heterocycles. The first-order chi connectivity index (χ1) is 8.45. The molecule has 0 amide bonds. The normalized spacial score (nSPS) is 12.4. The summed E-state index contributed by atoms with van der Waals surface area (Å²) < 4.78 is 13.4. The highest BCUT2D eigenvalue weighted by Crippen LogP contribution is 2.14. The first kappa shape index (κ1) is 14.6. The summed E-state index contributed by atoms with van der Waals surface area (Å²) >= 11 is 0. The number of carboxylic acid groups (broad SMARTS) is 1. The zero-order valence-electron chi connectivity index (χ0n) is 11.1. The van der Waals surface area contributed by atoms with Gasteiger partial charge in [0.05, 0.1) is 0 Å². The smallest absolute Gasteiger partial charge is 0.320 e. The maximum atomic E-state index is 13.4. The van der Waals surface area contributed by atoms with Crippen LogP contribution in [0.4, 0.5) is 4.39 Å². The monoisotopic (exact) mass is 253 g/mol. The van der Waals surface area contributed by atoms with Crippen molar-refractivity contribution in [3.63, 3.8) is 0 Å². The Hall–Kier alpha value is -1.42. The predicted octanol–water partition coefficient (Wildman–Crippen LogP) is 2.79. The van der Waals surface area contributed by atoms with Crippen molar-refractivity contribution in [3.8, 4) is 0 Å². The van der Waals surface area contributed by atoms with Gasteiger partial charge in [0.1, 0.15) is 11.9 Å². The third kappa shape index (κ3) is 3.81. The Morgan fingerprint density at radius 3 is 2.39 bits per heavy atom. The van der Waals surface area contributed by atoms with Crippen LogP contribution in [0.1, 0.15) is 36.5 Å². The molecule has 4 heteroatoms. The first-order valence-corrected chi connectivity index (χ1v) is 6.17. The lowest BCUT2D eigenvalue weighted by Gasteiger charge is -2.14. The molecule has 0 bridgehead atoms. The lowest BCUT2D eigenvalue weighted by Crippen LogP contribution is -2.36. The number of halogens is 1. The Morgan fingerprint density at radius 2 is 1.94 bits per heavy atom. The molecule has 0 fully saturated rings. The molecule has 1 rings (SSSR count). The Bertz CT molecular complexity index is 409. The molecule has 0 aliphatic carbocycles. The number of benzene rings is 1. The number of carbonyl (C=O) groups is 1. The molecule has 2 N–H and O–H groups in total. The Kier molecular flexibility index (Phi) is 5.28. The number of hydrogen-bond acceptors (Lipinski definition) is 2. The fourth-order valence-corrected chi connectivity index (χ4v) is 1.98. The molecule has 0 radical (unpaired) electrons. The van der Waals surface area contributed by atoms with Crippen molar-refractivity contribution in [2.24, 2.45) is 0 Å². The van der Waals surface area contributed by atoms with E-state index < -0.39 is 12.0 Å². The van der Waals surface area contributed by atoms with Crippen LogP contribution in [0.25, 0.3) is 0 Å². The average molecular weight is 253 g/mol. The summed E-state index contributed by atoms with van der Waals surface area (Å²) in [6.45, 7) is 5.82. The summed E-state index contributed by atoms with van der Waals surface area (Å²) in [6.07, 6.45) is 1.40. The molecule has 0 aromatic heterocycles. The third-order valence-corrected chi connectivity index (χ3v) is 2.92. The van der Waals surface area contributed by atoms with E-state index in [0.29, 0.717) is 24.1 Å². The second kappa shape index (κ2) is 6.50. The lowest BCUT2D eigenvalue weighted by molar-refractivity contribution is -0.139. The minimum Gasteiger partial charge on any atom is -0.480 e. The SMILES string of the molecule is CCCC(NCc1cc(C)c(F)c(C)c1)C(=O)O. The van der Waals surface area contributed by atoms with Crippen molar-refractivity contribution < 1.29 is 14.3 Å². The third-order valence-electron chi connectivity index (χ3n) is 2.92. The van der Waals surface area contributed by atoms with E-state index >= 15 is 0 Å². The molecule has 0 heterocycles. The second-order valence-corrected chi connectivity index (χ2v) is 4.60. The van der Waals surface area contributed by atoms with Gasteiger partial charge in [0.2, 0.25) is 0 Å². The summed E-state index contributed by atoms with van der Waals surface area (Å²) in [6, 6.07) is 2.96. The van der Waals surface area contributed by atoms with E-state index in [1.54, 1.807) is 26.0 Å². The molecular weight excluding hydrogens is 233 g/mol. The Labute approximate surface area is 107 Å². The van der Waals surface area contributed by atoms with Crippen LogP contribution in [0.15, 0.2) is 12.1 Å². The first-order valence-electron chi connectivity index (χ1n) is 6.17. The van der Waals surface area contributed by atoms with Crippen LogP contribution in [0.3, 0.4) is 0 Å². The zero-order chi connectivity index (χ0) is 13.7. The van der Waals surface area contributed by atoms with Crippen LogP contribution < -0.4 is 5.32 Å². The maximum absolute atomic E-state index is 13.4. The summed E-state index contributed by atoms with van der Waals surface area (Å²) in [5.74, 6) is -1.03. The molecule has 1 atom stereocenters. The summed E-state index contributed by atoms with van der Waals surface area (Å²) in [4.78, 5) is 11.0. The number of rotatable bonds is 6. The fraction of sp³-hybridized carbons (Fsp3) is 0.500. The molecule has 0 saturated heterocycles. The number of carboxylic acids is 1. The fourth-order valence-electron chi connectivity index (χ4n) is 1.98. The van der Waals surface area contributed by atoms with Crippen molar-refractivity contribution in [1.82, 2.24) is 5.32 Å². The zero-order valence-corrected chi connectivity index (χ0v) is 11.1. The van der Waals surface area contributed by atoms with Crippen LogP contribution in [-0.2, 0) is 11.3 Å². The van der Waals surface area contributed by atoms with Gasteiger partial charge in [-0.1, -0.05) is 25.5 Å². The van der Waals surface area contributed by atoms with Gasteiger partial charge in [-0.2, -0.15) is 0 Å². The average Bonchev–Trinajstić information content (AvgIpc) is 2.30. The summed E-state index contributed by atoms with van der Waals surface area (Å²) in [5.41, 5.74) is 2.09. The molecule has 0 saturated carbocycles. The minimum absolute atomic E-state index is 0.193. The van der Waals surface area contributed by atoms with Crippen LogP contribution in [0, 0.1) is 19.7 Å². The highest BCUT2D eigenvalue weighted by Gasteiger charge is 2.15. The van der Waals surface area contributed by atoms with Gasteiger partial charge >= 0.3 is 5.97 Å². The molecule has 3 nitrogen and oxygen atoms in total. The number of aliphatic carboxylic acids is 1. The van der Waals surface area contributed by atoms with Gasteiger partial charge < -0.3 is 10.4 Å². The molecule has 1 aromatic carbocycles. The molecular formula is C14H20FNO2. The van der Waals surface area contributed by atoms with Crippen molar-refractivity contribution in [3.05, 3.63) is 34.6 Å². The van der Waals surface area contributed by atoms with E-state index in [1.165, 1.54) is 0 Å². The Balaban J connectivity index is 2.70. The van der Waals surface area contributed by atoms with Crippen molar-refractivity contribution >= 4 is 5.97 Å². The molecule has 100 valence electrons. The maximum Gasteiger partial charge on any atom is 0.320 e.